The fourth-order valence-electron chi connectivity index (χ4n) is 3.35. The Bertz CT molecular complexity index is 330. The lowest BCUT2D eigenvalue weighted by molar-refractivity contribution is 0.273. The number of unbranched alkanes of at least 4 members (excludes halogenated alkanes) is 4. The van der Waals surface area contributed by atoms with Crippen molar-refractivity contribution in [3.63, 3.8) is 0 Å². The van der Waals surface area contributed by atoms with Crippen LogP contribution in [0, 0.1) is 0 Å². The van der Waals surface area contributed by atoms with E-state index in [2.05, 4.69) is 48.4 Å². The van der Waals surface area contributed by atoms with E-state index in [0.717, 1.165) is 32.1 Å². The molecule has 2 N–H and O–H groups in total. The first kappa shape index (κ1) is 21.2. The van der Waals surface area contributed by atoms with Crippen molar-refractivity contribution in [2.75, 3.05) is 53.4 Å². The van der Waals surface area contributed by atoms with Crippen LogP contribution in [0.1, 0.15) is 58.8 Å². The Morgan fingerprint density at radius 2 is 1.83 bits per heavy atom. The Morgan fingerprint density at radius 1 is 1.08 bits per heavy atom. The molecule has 0 radical (unpaired) electrons. The lowest BCUT2D eigenvalue weighted by Gasteiger charge is -2.21. The van der Waals surface area contributed by atoms with E-state index in [1.165, 1.54) is 58.0 Å². The largest absolute Gasteiger partial charge is 0.357 e. The van der Waals surface area contributed by atoms with Crippen LogP contribution in [0.15, 0.2) is 4.99 Å². The van der Waals surface area contributed by atoms with Gasteiger partial charge in [0.05, 0.1) is 6.54 Å². The summed E-state index contributed by atoms with van der Waals surface area (Å²) in [7, 11) is 4.30. The van der Waals surface area contributed by atoms with Gasteiger partial charge in [-0.3, -0.25) is 9.89 Å². The number of nitrogens with zero attached hydrogens (tertiary/aromatic N) is 3. The normalized spacial score (nSPS) is 19.2. The summed E-state index contributed by atoms with van der Waals surface area (Å²) >= 11 is 0. The molecule has 24 heavy (non-hydrogen) atoms. The molecule has 0 spiro atoms. The van der Waals surface area contributed by atoms with Crippen LogP contribution in [0.4, 0.5) is 0 Å². The Hall–Kier alpha value is -0.810. The van der Waals surface area contributed by atoms with Crippen LogP contribution < -0.4 is 10.6 Å². The number of likely N-dealkylation sites (N-methyl/N-ethyl adjacent to an activating group) is 1. The zero-order valence-corrected chi connectivity index (χ0v) is 16.6. The van der Waals surface area contributed by atoms with Crippen molar-refractivity contribution in [3.8, 4) is 0 Å². The molecule has 0 saturated carbocycles. The number of rotatable bonds is 12. The number of hydrogen-bond acceptors (Lipinski definition) is 3. The molecule has 1 saturated heterocycles. The molecule has 1 fully saturated rings. The first-order valence-electron chi connectivity index (χ1n) is 10.1. The van der Waals surface area contributed by atoms with Crippen LogP contribution in [0.5, 0.6) is 0 Å². The van der Waals surface area contributed by atoms with E-state index in [1.807, 2.05) is 0 Å². The monoisotopic (exact) mass is 339 g/mol. The molecule has 0 aromatic heterocycles. The van der Waals surface area contributed by atoms with E-state index in [1.54, 1.807) is 0 Å². The van der Waals surface area contributed by atoms with Crippen molar-refractivity contribution < 1.29 is 0 Å². The summed E-state index contributed by atoms with van der Waals surface area (Å²) in [6.45, 7) is 10.9. The van der Waals surface area contributed by atoms with Gasteiger partial charge in [-0.25, -0.2) is 0 Å². The molecule has 5 heteroatoms. The van der Waals surface area contributed by atoms with Crippen LogP contribution in [0.2, 0.25) is 0 Å². The van der Waals surface area contributed by atoms with E-state index in [-0.39, 0.29) is 0 Å². The molecule has 1 aliphatic rings. The molecule has 1 unspecified atom stereocenters. The molecule has 0 amide bonds. The summed E-state index contributed by atoms with van der Waals surface area (Å²) in [5.41, 5.74) is 0. The Kier molecular flexibility index (Phi) is 11.9. The standard InChI is InChI=1S/C19H41N5/c1-5-20-19(22-17-18-13-12-16-24(18)6-2)21-14-10-8-7-9-11-15-23(3)4/h18H,5-17H2,1-4H3,(H2,20,21,22). The Labute approximate surface area is 150 Å². The van der Waals surface area contributed by atoms with Crippen molar-refractivity contribution in [3.05, 3.63) is 0 Å². The van der Waals surface area contributed by atoms with Gasteiger partial charge in [-0.05, 0) is 66.3 Å². The van der Waals surface area contributed by atoms with Gasteiger partial charge in [0.1, 0.15) is 0 Å². The summed E-state index contributed by atoms with van der Waals surface area (Å²) in [6.07, 6.45) is 9.18. The van der Waals surface area contributed by atoms with Crippen molar-refractivity contribution >= 4 is 5.96 Å². The first-order chi connectivity index (χ1) is 11.7. The van der Waals surface area contributed by atoms with E-state index < -0.39 is 0 Å². The van der Waals surface area contributed by atoms with Gasteiger partial charge in [0.15, 0.2) is 5.96 Å². The average molecular weight is 340 g/mol. The third kappa shape index (κ3) is 9.48. The van der Waals surface area contributed by atoms with Gasteiger partial charge in [0.2, 0.25) is 0 Å². The first-order valence-corrected chi connectivity index (χ1v) is 10.1. The Morgan fingerprint density at radius 3 is 2.54 bits per heavy atom. The van der Waals surface area contributed by atoms with Gasteiger partial charge in [0.25, 0.3) is 0 Å². The minimum Gasteiger partial charge on any atom is -0.357 e. The van der Waals surface area contributed by atoms with E-state index in [0.29, 0.717) is 6.04 Å². The fraction of sp³-hybridized carbons (Fsp3) is 0.947. The van der Waals surface area contributed by atoms with Crippen LogP contribution in [0.25, 0.3) is 0 Å². The lowest BCUT2D eigenvalue weighted by Crippen LogP contribution is -2.39. The maximum absolute atomic E-state index is 4.81. The number of hydrogen-bond donors (Lipinski definition) is 2. The zero-order chi connectivity index (χ0) is 17.6. The third-order valence-corrected chi connectivity index (χ3v) is 4.78. The zero-order valence-electron chi connectivity index (χ0n) is 16.6. The van der Waals surface area contributed by atoms with Crippen molar-refractivity contribution in [2.24, 2.45) is 4.99 Å². The second-order valence-corrected chi connectivity index (χ2v) is 7.14. The molecule has 1 atom stereocenters. The Balaban J connectivity index is 2.15. The van der Waals surface area contributed by atoms with Crippen LogP contribution >= 0.6 is 0 Å². The lowest BCUT2D eigenvalue weighted by atomic mass is 10.1. The van der Waals surface area contributed by atoms with E-state index in [4.69, 9.17) is 4.99 Å². The molecule has 0 aromatic rings. The number of nitrogens with one attached hydrogen (secondary N) is 2. The second kappa shape index (κ2) is 13.5. The molecule has 0 aliphatic carbocycles. The summed E-state index contributed by atoms with van der Waals surface area (Å²) in [4.78, 5) is 9.63. The molecule has 0 bridgehead atoms. The van der Waals surface area contributed by atoms with Gasteiger partial charge in [-0.2, -0.15) is 0 Å². The summed E-state index contributed by atoms with van der Waals surface area (Å²) in [6, 6.07) is 0.641. The van der Waals surface area contributed by atoms with Crippen molar-refractivity contribution in [1.82, 2.24) is 20.4 Å². The molecular formula is C19H41N5. The van der Waals surface area contributed by atoms with Crippen LogP contribution in [0.3, 0.4) is 0 Å². The summed E-state index contributed by atoms with van der Waals surface area (Å²) < 4.78 is 0. The highest BCUT2D eigenvalue weighted by Gasteiger charge is 2.22. The summed E-state index contributed by atoms with van der Waals surface area (Å²) in [5.74, 6) is 0.994. The minimum atomic E-state index is 0.641. The van der Waals surface area contributed by atoms with Gasteiger partial charge in [0, 0.05) is 19.1 Å². The topological polar surface area (TPSA) is 42.9 Å². The predicted octanol–water partition coefficient (Wildman–Crippen LogP) is 2.54. The maximum atomic E-state index is 4.81. The molecule has 0 aromatic carbocycles. The van der Waals surface area contributed by atoms with E-state index >= 15 is 0 Å². The fourth-order valence-corrected chi connectivity index (χ4v) is 3.35. The van der Waals surface area contributed by atoms with Gasteiger partial charge in [-0.15, -0.1) is 0 Å². The molecule has 1 aliphatic heterocycles. The van der Waals surface area contributed by atoms with Gasteiger partial charge < -0.3 is 15.5 Å². The molecule has 1 rings (SSSR count). The third-order valence-electron chi connectivity index (χ3n) is 4.78. The molecule has 1 heterocycles. The molecule has 142 valence electrons. The minimum absolute atomic E-state index is 0.641. The smallest absolute Gasteiger partial charge is 0.191 e. The van der Waals surface area contributed by atoms with Gasteiger partial charge in [-0.1, -0.05) is 26.2 Å². The maximum Gasteiger partial charge on any atom is 0.191 e. The van der Waals surface area contributed by atoms with Crippen molar-refractivity contribution in [1.29, 1.82) is 0 Å². The van der Waals surface area contributed by atoms with E-state index in [9.17, 15) is 0 Å². The molecular weight excluding hydrogens is 298 g/mol. The summed E-state index contributed by atoms with van der Waals surface area (Å²) in [5, 5.41) is 6.88. The SMILES string of the molecule is CCNC(=NCC1CCCN1CC)NCCCCCCCN(C)C. The number of likely N-dealkylation sites (tertiary alicyclic amines) is 1. The number of guanidine groups is 1. The number of aliphatic imine (C=N–C) groups is 1. The van der Waals surface area contributed by atoms with Crippen molar-refractivity contribution in [2.45, 2.75) is 64.8 Å². The van der Waals surface area contributed by atoms with Gasteiger partial charge >= 0.3 is 0 Å². The average Bonchev–Trinajstić information content (AvgIpc) is 3.02. The quantitative estimate of drug-likeness (QED) is 0.326. The second-order valence-electron chi connectivity index (χ2n) is 7.14. The molecule has 5 nitrogen and oxygen atoms in total. The van der Waals surface area contributed by atoms with Crippen LogP contribution in [-0.2, 0) is 0 Å². The highest BCUT2D eigenvalue weighted by atomic mass is 15.2. The van der Waals surface area contributed by atoms with Crippen LogP contribution in [-0.4, -0.2) is 75.2 Å². The highest BCUT2D eigenvalue weighted by Crippen LogP contribution is 2.16. The predicted molar refractivity (Wildman–Crippen MR) is 106 cm³/mol. The highest BCUT2D eigenvalue weighted by molar-refractivity contribution is 5.79.